The molecule has 1 heterocycles. The molecule has 0 radical (unpaired) electrons. The minimum atomic E-state index is -0.541. The smallest absolute Gasteiger partial charge is 0.303 e. The van der Waals surface area contributed by atoms with Crippen LogP contribution in [-0.2, 0) is 28.5 Å². The molecule has 2 atom stereocenters. The van der Waals surface area contributed by atoms with E-state index in [9.17, 15) is 9.59 Å². The highest BCUT2D eigenvalue weighted by molar-refractivity contribution is 5.67. The summed E-state index contributed by atoms with van der Waals surface area (Å²) in [5, 5.41) is 0. The van der Waals surface area contributed by atoms with E-state index in [0.717, 1.165) is 0 Å². The number of hydrogen-bond donors (Lipinski definition) is 0. The minimum absolute atomic E-state index is 0.246. The lowest BCUT2D eigenvalue weighted by Gasteiger charge is -2.35. The van der Waals surface area contributed by atoms with E-state index >= 15 is 0 Å². The Bertz CT molecular complexity index is 240. The van der Waals surface area contributed by atoms with Crippen LogP contribution in [0.1, 0.15) is 13.8 Å². The van der Waals surface area contributed by atoms with E-state index in [1.165, 1.54) is 21.0 Å². The maximum Gasteiger partial charge on any atom is 0.303 e. The fraction of sp³-hybridized carbons (Fsp3) is 0.800. The van der Waals surface area contributed by atoms with Crippen molar-refractivity contribution in [1.29, 1.82) is 0 Å². The molecule has 0 aromatic carbocycles. The van der Waals surface area contributed by atoms with Crippen molar-refractivity contribution in [3.05, 3.63) is 0 Å². The highest BCUT2D eigenvalue weighted by atomic mass is 16.6. The molecular weight excluding hydrogens is 216 g/mol. The summed E-state index contributed by atoms with van der Waals surface area (Å²) in [5.74, 6) is -0.835. The Labute approximate surface area is 93.8 Å². The summed E-state index contributed by atoms with van der Waals surface area (Å²) in [6.07, 6.45) is -1.57. The normalized spacial score (nSPS) is 26.2. The second kappa shape index (κ2) is 5.81. The number of carbonyl (C=O) groups excluding carboxylic acids is 2. The van der Waals surface area contributed by atoms with Gasteiger partial charge < -0.3 is 18.9 Å². The van der Waals surface area contributed by atoms with E-state index in [1.807, 2.05) is 0 Å². The van der Waals surface area contributed by atoms with E-state index < -0.39 is 30.3 Å². The lowest BCUT2D eigenvalue weighted by atomic mass is 10.1. The van der Waals surface area contributed by atoms with Crippen molar-refractivity contribution in [1.82, 2.24) is 0 Å². The summed E-state index contributed by atoms with van der Waals surface area (Å²) >= 11 is 0. The second-order valence-electron chi connectivity index (χ2n) is 3.53. The molecule has 0 bridgehead atoms. The minimum Gasteiger partial charge on any atom is -0.457 e. The molecule has 6 heteroatoms. The first-order valence-electron chi connectivity index (χ1n) is 4.99. The van der Waals surface area contributed by atoms with Gasteiger partial charge in [-0.25, -0.2) is 0 Å². The molecule has 1 aliphatic heterocycles. The third-order valence-corrected chi connectivity index (χ3v) is 2.20. The van der Waals surface area contributed by atoms with Crippen LogP contribution in [0, 0.1) is 0 Å². The van der Waals surface area contributed by atoms with Gasteiger partial charge >= 0.3 is 11.9 Å². The molecule has 0 aromatic heterocycles. The molecular formula is C10H16O6. The highest BCUT2D eigenvalue weighted by Gasteiger charge is 2.38. The summed E-state index contributed by atoms with van der Waals surface area (Å²) in [6, 6.07) is 0. The van der Waals surface area contributed by atoms with Crippen LogP contribution in [0.2, 0.25) is 0 Å². The van der Waals surface area contributed by atoms with Crippen LogP contribution in [0.25, 0.3) is 0 Å². The maximum atomic E-state index is 10.9. The van der Waals surface area contributed by atoms with Crippen LogP contribution < -0.4 is 0 Å². The zero-order chi connectivity index (χ0) is 12.1. The first-order chi connectivity index (χ1) is 7.54. The van der Waals surface area contributed by atoms with Crippen molar-refractivity contribution in [2.45, 2.75) is 32.2 Å². The number of carbonyl (C=O) groups is 2. The first kappa shape index (κ1) is 12.9. The third kappa shape index (κ3) is 3.46. The molecule has 0 saturated carbocycles. The summed E-state index contributed by atoms with van der Waals surface area (Å²) in [7, 11) is 1.48. The van der Waals surface area contributed by atoms with Gasteiger partial charge in [0.05, 0.1) is 13.2 Å². The number of rotatable bonds is 3. The molecule has 6 nitrogen and oxygen atoms in total. The van der Waals surface area contributed by atoms with E-state index in [0.29, 0.717) is 0 Å². The van der Waals surface area contributed by atoms with Crippen molar-refractivity contribution in [2.75, 3.05) is 20.3 Å². The zero-order valence-electron chi connectivity index (χ0n) is 9.60. The molecule has 0 aliphatic carbocycles. The topological polar surface area (TPSA) is 71.1 Å². The van der Waals surface area contributed by atoms with Gasteiger partial charge in [0, 0.05) is 21.0 Å². The van der Waals surface area contributed by atoms with Gasteiger partial charge in [0.25, 0.3) is 0 Å². The molecule has 0 amide bonds. The van der Waals surface area contributed by atoms with Crippen molar-refractivity contribution in [3.63, 3.8) is 0 Å². The molecule has 0 aromatic rings. The number of esters is 2. The van der Waals surface area contributed by atoms with Crippen LogP contribution >= 0.6 is 0 Å². The van der Waals surface area contributed by atoms with Crippen LogP contribution in [0.3, 0.4) is 0 Å². The van der Waals surface area contributed by atoms with Crippen LogP contribution in [-0.4, -0.2) is 50.6 Å². The van der Waals surface area contributed by atoms with Gasteiger partial charge in [-0.1, -0.05) is 0 Å². The Hall–Kier alpha value is -1.14. The quantitative estimate of drug-likeness (QED) is 0.632. The Morgan fingerprint density at radius 2 is 1.50 bits per heavy atom. The van der Waals surface area contributed by atoms with E-state index in [2.05, 4.69) is 0 Å². The van der Waals surface area contributed by atoms with Crippen molar-refractivity contribution in [3.8, 4) is 0 Å². The standard InChI is InChI=1S/C10H16O6/c1-6(11)15-8-4-14-5-9(10(8)13-3)16-7(2)12/h8-10H,4-5H2,1-3H3/t8-,9-/m0/s1. The Morgan fingerprint density at radius 3 is 1.81 bits per heavy atom. The summed E-state index contributed by atoms with van der Waals surface area (Å²) < 4.78 is 20.4. The van der Waals surface area contributed by atoms with Crippen molar-refractivity contribution in [2.24, 2.45) is 0 Å². The van der Waals surface area contributed by atoms with Crippen LogP contribution in [0.5, 0.6) is 0 Å². The molecule has 0 unspecified atom stereocenters. The second-order valence-corrected chi connectivity index (χ2v) is 3.53. The number of methoxy groups -OCH3 is 1. The molecule has 1 saturated heterocycles. The molecule has 1 aliphatic rings. The van der Waals surface area contributed by atoms with Gasteiger partial charge in [-0.3, -0.25) is 9.59 Å². The number of ether oxygens (including phenoxy) is 4. The van der Waals surface area contributed by atoms with Gasteiger partial charge in [-0.15, -0.1) is 0 Å². The summed E-state index contributed by atoms with van der Waals surface area (Å²) in [6.45, 7) is 3.11. The lowest BCUT2D eigenvalue weighted by molar-refractivity contribution is -0.201. The van der Waals surface area contributed by atoms with Gasteiger partial charge in [0.15, 0.2) is 12.2 Å². The Kier molecular flexibility index (Phi) is 4.70. The molecule has 16 heavy (non-hydrogen) atoms. The fourth-order valence-electron chi connectivity index (χ4n) is 1.66. The summed E-state index contributed by atoms with van der Waals surface area (Å²) in [5.41, 5.74) is 0. The Balaban J connectivity index is 2.64. The van der Waals surface area contributed by atoms with E-state index in [-0.39, 0.29) is 13.2 Å². The largest absolute Gasteiger partial charge is 0.457 e. The fourth-order valence-corrected chi connectivity index (χ4v) is 1.66. The zero-order valence-corrected chi connectivity index (χ0v) is 9.60. The average Bonchev–Trinajstić information content (AvgIpc) is 2.16. The predicted molar refractivity (Wildman–Crippen MR) is 52.7 cm³/mol. The molecule has 0 spiro atoms. The molecule has 1 fully saturated rings. The maximum absolute atomic E-state index is 10.9. The first-order valence-corrected chi connectivity index (χ1v) is 4.99. The van der Waals surface area contributed by atoms with Gasteiger partial charge in [0.2, 0.25) is 0 Å². The van der Waals surface area contributed by atoms with Gasteiger partial charge in [-0.05, 0) is 0 Å². The lowest BCUT2D eigenvalue weighted by Crippen LogP contribution is -2.52. The monoisotopic (exact) mass is 232 g/mol. The van der Waals surface area contributed by atoms with Crippen LogP contribution in [0.15, 0.2) is 0 Å². The average molecular weight is 232 g/mol. The summed E-state index contributed by atoms with van der Waals surface area (Å²) in [4.78, 5) is 21.7. The van der Waals surface area contributed by atoms with Crippen molar-refractivity contribution < 1.29 is 28.5 Å². The Morgan fingerprint density at radius 1 is 1.06 bits per heavy atom. The SMILES string of the molecule is COC1[C@@H](OC(C)=O)COC[C@@H]1OC(C)=O. The van der Waals surface area contributed by atoms with Gasteiger partial charge in [0.1, 0.15) is 6.10 Å². The third-order valence-electron chi connectivity index (χ3n) is 2.20. The molecule has 0 N–H and O–H groups in total. The van der Waals surface area contributed by atoms with E-state index in [4.69, 9.17) is 18.9 Å². The van der Waals surface area contributed by atoms with Gasteiger partial charge in [-0.2, -0.15) is 0 Å². The molecule has 92 valence electrons. The van der Waals surface area contributed by atoms with Crippen LogP contribution in [0.4, 0.5) is 0 Å². The highest BCUT2D eigenvalue weighted by Crippen LogP contribution is 2.18. The number of hydrogen-bond acceptors (Lipinski definition) is 6. The predicted octanol–water partition coefficient (Wildman–Crippen LogP) is -0.105. The van der Waals surface area contributed by atoms with E-state index in [1.54, 1.807) is 0 Å². The molecule has 1 rings (SSSR count). The van der Waals surface area contributed by atoms with Crippen molar-refractivity contribution >= 4 is 11.9 Å².